The lowest BCUT2D eigenvalue weighted by Gasteiger charge is -2.37. The van der Waals surface area contributed by atoms with Crippen LogP contribution in [-0.4, -0.2) is 61.8 Å². The minimum absolute atomic E-state index is 0.00210. The van der Waals surface area contributed by atoms with Crippen molar-refractivity contribution in [2.24, 2.45) is 5.92 Å². The number of sulfonamides is 1. The summed E-state index contributed by atoms with van der Waals surface area (Å²) in [6, 6.07) is 14.8. The highest BCUT2D eigenvalue weighted by atomic mass is 32.2. The molecule has 35 heavy (non-hydrogen) atoms. The molecule has 9 heteroatoms. The van der Waals surface area contributed by atoms with Gasteiger partial charge in [0.25, 0.3) is 0 Å². The molecule has 0 bridgehead atoms. The molecular weight excluding hydrogens is 462 g/mol. The number of anilines is 2. The Morgan fingerprint density at radius 3 is 2.09 bits per heavy atom. The van der Waals surface area contributed by atoms with Crippen molar-refractivity contribution >= 4 is 38.6 Å². The fourth-order valence-electron chi connectivity index (χ4n) is 4.83. The Bertz CT molecular complexity index is 1350. The molecular formula is C26H31N5O3S. The van der Waals surface area contributed by atoms with Gasteiger partial charge in [0.15, 0.2) is 11.6 Å². The van der Waals surface area contributed by atoms with E-state index in [1.807, 2.05) is 48.3 Å². The molecule has 2 aliphatic heterocycles. The Morgan fingerprint density at radius 1 is 0.886 bits per heavy atom. The summed E-state index contributed by atoms with van der Waals surface area (Å²) in [5.74, 6) is 1.39. The lowest BCUT2D eigenvalue weighted by atomic mass is 9.96. The lowest BCUT2D eigenvalue weighted by Crippen LogP contribution is -2.49. The van der Waals surface area contributed by atoms with E-state index < -0.39 is 10.0 Å². The molecule has 2 aromatic carbocycles. The van der Waals surface area contributed by atoms with Crippen LogP contribution in [0.15, 0.2) is 53.4 Å². The summed E-state index contributed by atoms with van der Waals surface area (Å²) in [6.07, 6.45) is 0.982. The molecule has 0 radical (unpaired) electrons. The average molecular weight is 494 g/mol. The Morgan fingerprint density at radius 2 is 1.49 bits per heavy atom. The number of carbonyl (C=O) groups excluding carboxylic acids is 1. The van der Waals surface area contributed by atoms with Crippen molar-refractivity contribution in [3.8, 4) is 0 Å². The van der Waals surface area contributed by atoms with Crippen LogP contribution in [0.4, 0.5) is 11.6 Å². The minimum atomic E-state index is -3.58. The number of rotatable bonds is 4. The van der Waals surface area contributed by atoms with E-state index in [1.54, 1.807) is 17.0 Å². The predicted molar refractivity (Wildman–Crippen MR) is 137 cm³/mol. The summed E-state index contributed by atoms with van der Waals surface area (Å²) in [4.78, 5) is 27.2. The highest BCUT2D eigenvalue weighted by Crippen LogP contribution is 2.33. The zero-order valence-corrected chi connectivity index (χ0v) is 21.2. The van der Waals surface area contributed by atoms with Crippen LogP contribution in [0.2, 0.25) is 0 Å². The maximum atomic E-state index is 13.6. The molecule has 8 nitrogen and oxygen atoms in total. The largest absolute Gasteiger partial charge is 0.355 e. The van der Waals surface area contributed by atoms with Crippen molar-refractivity contribution in [3.63, 3.8) is 0 Å². The van der Waals surface area contributed by atoms with Crippen LogP contribution in [0.1, 0.15) is 38.2 Å². The first-order valence-electron chi connectivity index (χ1n) is 12.1. The Kier molecular flexibility index (Phi) is 6.23. The molecule has 2 aliphatic rings. The van der Waals surface area contributed by atoms with Gasteiger partial charge in [0.1, 0.15) is 0 Å². The molecule has 1 amide bonds. The zero-order chi connectivity index (χ0) is 24.7. The molecule has 0 atom stereocenters. The van der Waals surface area contributed by atoms with Crippen LogP contribution >= 0.6 is 0 Å². The van der Waals surface area contributed by atoms with Crippen molar-refractivity contribution < 1.29 is 13.2 Å². The number of aromatic nitrogens is 2. The van der Waals surface area contributed by atoms with E-state index in [4.69, 9.17) is 9.97 Å². The molecule has 0 spiro atoms. The molecule has 3 heterocycles. The Hall–Kier alpha value is -3.04. The van der Waals surface area contributed by atoms with Gasteiger partial charge in [-0.15, -0.1) is 0 Å². The average Bonchev–Trinajstić information content (AvgIpc) is 2.88. The van der Waals surface area contributed by atoms with Crippen LogP contribution in [0.25, 0.3) is 11.0 Å². The van der Waals surface area contributed by atoms with E-state index in [0.717, 1.165) is 16.6 Å². The molecule has 3 aromatic rings. The second kappa shape index (κ2) is 9.20. The number of benzene rings is 2. The summed E-state index contributed by atoms with van der Waals surface area (Å²) in [5.41, 5.74) is 2.66. The first-order chi connectivity index (χ1) is 16.8. The third-order valence-corrected chi connectivity index (χ3v) is 8.98. The highest BCUT2D eigenvalue weighted by molar-refractivity contribution is 7.89. The molecule has 0 unspecified atom stereocenters. The lowest BCUT2D eigenvalue weighted by molar-refractivity contribution is -0.123. The topological polar surface area (TPSA) is 86.7 Å². The monoisotopic (exact) mass is 493 g/mol. The standard InChI is InChI=1S/C26H31N5O3S/c1-18(2)19-8-10-21(11-9-19)35(33,34)30-14-12-20(13-15-30)26(32)31-17-16-29(3)24-25(31)28-23-7-5-4-6-22(23)27-24/h4-11,18,20H,12-17H2,1-3H3. The third kappa shape index (κ3) is 4.38. The molecule has 5 rings (SSSR count). The zero-order valence-electron chi connectivity index (χ0n) is 20.4. The minimum Gasteiger partial charge on any atom is -0.355 e. The van der Waals surface area contributed by atoms with Gasteiger partial charge in [-0.2, -0.15) is 4.31 Å². The number of piperidine rings is 1. The van der Waals surface area contributed by atoms with Gasteiger partial charge in [-0.05, 0) is 48.6 Å². The number of hydrogen-bond donors (Lipinski definition) is 0. The summed E-state index contributed by atoms with van der Waals surface area (Å²) >= 11 is 0. The van der Waals surface area contributed by atoms with Crippen LogP contribution in [0.3, 0.4) is 0 Å². The van der Waals surface area contributed by atoms with Crippen molar-refractivity contribution in [2.45, 2.75) is 37.5 Å². The van der Waals surface area contributed by atoms with Crippen LogP contribution in [-0.2, 0) is 14.8 Å². The van der Waals surface area contributed by atoms with E-state index in [-0.39, 0.29) is 11.8 Å². The summed E-state index contributed by atoms with van der Waals surface area (Å²) < 4.78 is 27.9. The molecule has 1 aromatic heterocycles. The number of amides is 1. The Labute approximate surface area is 206 Å². The molecule has 0 N–H and O–H groups in total. The van der Waals surface area contributed by atoms with Crippen LogP contribution < -0.4 is 9.80 Å². The fraction of sp³-hybridized carbons (Fsp3) is 0.423. The van der Waals surface area contributed by atoms with Crippen molar-refractivity contribution in [3.05, 3.63) is 54.1 Å². The summed E-state index contributed by atoms with van der Waals surface area (Å²) in [6.45, 7) is 6.03. The quantitative estimate of drug-likeness (QED) is 0.552. The van der Waals surface area contributed by atoms with Gasteiger partial charge in [-0.1, -0.05) is 38.1 Å². The van der Waals surface area contributed by atoms with E-state index in [9.17, 15) is 13.2 Å². The van der Waals surface area contributed by atoms with Gasteiger partial charge in [-0.25, -0.2) is 18.4 Å². The molecule has 1 saturated heterocycles. The normalized spacial score (nSPS) is 17.7. The number of hydrogen-bond acceptors (Lipinski definition) is 6. The maximum absolute atomic E-state index is 13.6. The second-order valence-corrected chi connectivity index (χ2v) is 11.6. The number of para-hydroxylation sites is 2. The molecule has 0 saturated carbocycles. The SMILES string of the molecule is CC(C)c1ccc(S(=O)(=O)N2CCC(C(=O)N3CCN(C)c4nc5ccccc5nc43)CC2)cc1. The van der Waals surface area contributed by atoms with E-state index in [2.05, 4.69) is 13.8 Å². The molecule has 1 fully saturated rings. The van der Waals surface area contributed by atoms with Gasteiger partial charge in [-0.3, -0.25) is 9.69 Å². The second-order valence-electron chi connectivity index (χ2n) is 9.67. The van der Waals surface area contributed by atoms with Crippen molar-refractivity contribution in [2.75, 3.05) is 43.0 Å². The fourth-order valence-corrected chi connectivity index (χ4v) is 6.30. The highest BCUT2D eigenvalue weighted by Gasteiger charge is 2.37. The van der Waals surface area contributed by atoms with Gasteiger partial charge in [0.2, 0.25) is 15.9 Å². The Balaban J connectivity index is 1.32. The van der Waals surface area contributed by atoms with E-state index in [1.165, 1.54) is 4.31 Å². The van der Waals surface area contributed by atoms with Gasteiger partial charge >= 0.3 is 0 Å². The summed E-state index contributed by atoms with van der Waals surface area (Å²) in [7, 11) is -1.62. The summed E-state index contributed by atoms with van der Waals surface area (Å²) in [5, 5.41) is 0. The smallest absolute Gasteiger partial charge is 0.243 e. The molecule has 0 aliphatic carbocycles. The number of carbonyl (C=O) groups is 1. The van der Waals surface area contributed by atoms with Crippen molar-refractivity contribution in [1.82, 2.24) is 14.3 Å². The molecule has 184 valence electrons. The first kappa shape index (κ1) is 23.7. The predicted octanol–water partition coefficient (Wildman–Crippen LogP) is 3.64. The number of likely N-dealkylation sites (N-methyl/N-ethyl adjacent to an activating group) is 1. The number of fused-ring (bicyclic) bond motifs is 2. The third-order valence-electron chi connectivity index (χ3n) is 7.06. The van der Waals surface area contributed by atoms with Crippen LogP contribution in [0.5, 0.6) is 0 Å². The van der Waals surface area contributed by atoms with Gasteiger partial charge < -0.3 is 4.90 Å². The number of nitrogens with zero attached hydrogens (tertiary/aromatic N) is 5. The van der Waals surface area contributed by atoms with Gasteiger partial charge in [0, 0.05) is 39.1 Å². The first-order valence-corrected chi connectivity index (χ1v) is 13.6. The van der Waals surface area contributed by atoms with Crippen molar-refractivity contribution in [1.29, 1.82) is 0 Å². The maximum Gasteiger partial charge on any atom is 0.243 e. The van der Waals surface area contributed by atoms with Gasteiger partial charge in [0.05, 0.1) is 15.9 Å². The van der Waals surface area contributed by atoms with Crippen LogP contribution in [0, 0.1) is 5.92 Å². The van der Waals surface area contributed by atoms with E-state index in [0.29, 0.717) is 61.5 Å². The van der Waals surface area contributed by atoms with E-state index >= 15 is 0 Å².